The minimum atomic E-state index is -4.05. The molecule has 0 saturated heterocycles. The number of para-hydroxylation sites is 1. The van der Waals surface area contributed by atoms with E-state index in [1.165, 1.54) is 26.2 Å². The first kappa shape index (κ1) is 19.5. The minimum Gasteiger partial charge on any atom is -0.504 e. The van der Waals surface area contributed by atoms with Crippen LogP contribution in [0.25, 0.3) is 0 Å². The number of amides is 2. The van der Waals surface area contributed by atoms with E-state index < -0.39 is 26.7 Å². The van der Waals surface area contributed by atoms with Crippen LogP contribution in [0.4, 0.5) is 16.2 Å². The fourth-order valence-electron chi connectivity index (χ4n) is 2.14. The van der Waals surface area contributed by atoms with E-state index in [2.05, 4.69) is 15.9 Å². The molecule has 0 atom stereocenters. The number of anilines is 2. The molecule has 2 amide bonds. The maximum absolute atomic E-state index is 12.5. The zero-order valence-electron chi connectivity index (χ0n) is 13.3. The predicted molar refractivity (Wildman–Crippen MR) is 99.9 cm³/mol. The first-order valence-electron chi connectivity index (χ1n) is 6.87. The number of sulfonamides is 1. The van der Waals surface area contributed by atoms with Crippen LogP contribution in [0, 0.1) is 0 Å². The molecule has 2 aromatic rings. The fourth-order valence-corrected chi connectivity index (χ4v) is 4.08. The number of carbonyl (C=O) groups is 1. The zero-order chi connectivity index (χ0) is 18.9. The molecule has 0 aromatic heterocycles. The Morgan fingerprint density at radius 3 is 2.28 bits per heavy atom. The molecule has 10 heteroatoms. The van der Waals surface area contributed by atoms with Crippen LogP contribution in [0.1, 0.15) is 0 Å². The highest BCUT2D eigenvalue weighted by Crippen LogP contribution is 2.43. The van der Waals surface area contributed by atoms with Crippen molar-refractivity contribution >= 4 is 55.0 Å². The Kier molecular flexibility index (Phi) is 5.62. The quantitative estimate of drug-likeness (QED) is 0.749. The third-order valence-corrected chi connectivity index (χ3v) is 6.34. The molecular weight excluding hydrogens is 434 g/mol. The molecule has 2 rings (SSSR count). The van der Waals surface area contributed by atoms with Gasteiger partial charge in [0, 0.05) is 18.6 Å². The zero-order valence-corrected chi connectivity index (χ0v) is 16.4. The Balaban J connectivity index is 2.78. The van der Waals surface area contributed by atoms with Gasteiger partial charge >= 0.3 is 6.03 Å². The summed E-state index contributed by atoms with van der Waals surface area (Å²) in [4.78, 5) is 12.5. The molecule has 0 radical (unpaired) electrons. The van der Waals surface area contributed by atoms with Gasteiger partial charge in [0.05, 0.1) is 16.4 Å². The van der Waals surface area contributed by atoms with E-state index in [1.807, 2.05) is 0 Å². The number of carbonyl (C=O) groups excluding carboxylic acids is 1. The molecule has 2 aromatic carbocycles. The maximum Gasteiger partial charge on any atom is 0.324 e. The lowest BCUT2D eigenvalue weighted by atomic mass is 10.2. The molecule has 0 unspecified atom stereocenters. The van der Waals surface area contributed by atoms with E-state index in [9.17, 15) is 18.3 Å². The molecule has 0 saturated carbocycles. The summed E-state index contributed by atoms with van der Waals surface area (Å²) >= 11 is 9.28. The third-order valence-electron chi connectivity index (χ3n) is 3.36. The van der Waals surface area contributed by atoms with Crippen LogP contribution in [0.5, 0.6) is 5.75 Å². The van der Waals surface area contributed by atoms with Crippen molar-refractivity contribution in [1.82, 2.24) is 4.31 Å². The third kappa shape index (κ3) is 3.59. The van der Waals surface area contributed by atoms with Gasteiger partial charge in [-0.05, 0) is 40.2 Å². The van der Waals surface area contributed by atoms with Crippen LogP contribution in [0.2, 0.25) is 5.02 Å². The van der Waals surface area contributed by atoms with Gasteiger partial charge in [0.25, 0.3) is 0 Å². The van der Waals surface area contributed by atoms with Gasteiger partial charge in [-0.2, -0.15) is 0 Å². The monoisotopic (exact) mass is 447 g/mol. The number of hydrogen-bond donors (Lipinski definition) is 2. The number of nitrogens with two attached hydrogens (primary N) is 1. The topological polar surface area (TPSA) is 104 Å². The summed E-state index contributed by atoms with van der Waals surface area (Å²) in [6, 6.07) is 8.35. The van der Waals surface area contributed by atoms with Gasteiger partial charge in [-0.25, -0.2) is 17.5 Å². The Labute approximate surface area is 158 Å². The fraction of sp³-hybridized carbons (Fsp3) is 0.133. The molecule has 0 bridgehead atoms. The number of phenolic OH excluding ortho intramolecular Hbond substituents is 1. The van der Waals surface area contributed by atoms with Crippen LogP contribution in [0.15, 0.2) is 45.8 Å². The Morgan fingerprint density at radius 1 is 1.16 bits per heavy atom. The molecule has 7 nitrogen and oxygen atoms in total. The lowest BCUT2D eigenvalue weighted by Crippen LogP contribution is -2.32. The number of hydrogen-bond acceptors (Lipinski definition) is 4. The van der Waals surface area contributed by atoms with Crippen LogP contribution in [-0.2, 0) is 10.0 Å². The lowest BCUT2D eigenvalue weighted by molar-refractivity contribution is 0.256. The highest BCUT2D eigenvalue weighted by atomic mass is 79.9. The van der Waals surface area contributed by atoms with Gasteiger partial charge in [0.2, 0.25) is 10.0 Å². The van der Waals surface area contributed by atoms with Crippen LogP contribution >= 0.6 is 27.5 Å². The van der Waals surface area contributed by atoms with Gasteiger partial charge in [-0.1, -0.05) is 23.7 Å². The van der Waals surface area contributed by atoms with Crippen molar-refractivity contribution in [2.75, 3.05) is 19.0 Å². The van der Waals surface area contributed by atoms with E-state index in [0.29, 0.717) is 10.2 Å². The lowest BCUT2D eigenvalue weighted by Gasteiger charge is -2.24. The summed E-state index contributed by atoms with van der Waals surface area (Å²) in [5.41, 5.74) is 5.68. The molecule has 0 spiro atoms. The van der Waals surface area contributed by atoms with E-state index in [0.717, 1.165) is 9.21 Å². The first-order valence-corrected chi connectivity index (χ1v) is 9.48. The smallest absolute Gasteiger partial charge is 0.324 e. The van der Waals surface area contributed by atoms with Gasteiger partial charge in [-0.3, -0.25) is 4.90 Å². The molecule has 134 valence electrons. The van der Waals surface area contributed by atoms with E-state index in [1.54, 1.807) is 24.3 Å². The second-order valence-electron chi connectivity index (χ2n) is 5.16. The number of benzene rings is 2. The molecule has 3 N–H and O–H groups in total. The van der Waals surface area contributed by atoms with Gasteiger partial charge in [0.15, 0.2) is 5.75 Å². The van der Waals surface area contributed by atoms with Crippen molar-refractivity contribution in [3.8, 4) is 5.75 Å². The number of urea groups is 1. The number of rotatable bonds is 4. The van der Waals surface area contributed by atoms with Crippen LogP contribution < -0.4 is 10.6 Å². The summed E-state index contributed by atoms with van der Waals surface area (Å²) in [5.74, 6) is -0.671. The average molecular weight is 449 g/mol. The summed E-state index contributed by atoms with van der Waals surface area (Å²) in [7, 11) is -1.45. The van der Waals surface area contributed by atoms with Gasteiger partial charge in [0.1, 0.15) is 4.90 Å². The van der Waals surface area contributed by atoms with Crippen molar-refractivity contribution in [3.05, 3.63) is 45.9 Å². The normalized spacial score (nSPS) is 11.6. The molecule has 0 aliphatic carbocycles. The molecule has 0 heterocycles. The second kappa shape index (κ2) is 7.20. The summed E-state index contributed by atoms with van der Waals surface area (Å²) in [6.45, 7) is 0. The number of primary amides is 1. The summed E-state index contributed by atoms with van der Waals surface area (Å²) in [5, 5.41) is 10.4. The standard InChI is InChI=1S/C15H15BrClN3O4S/c1-19(2)25(23,24)14-10(17)7-8-12(13(14)21)20(15(18)22)11-6-4-3-5-9(11)16/h3-8,21H,1-2H3,(H2,18,22). The van der Waals surface area contributed by atoms with Crippen molar-refractivity contribution in [2.45, 2.75) is 4.90 Å². The van der Waals surface area contributed by atoms with Gasteiger partial charge < -0.3 is 10.8 Å². The van der Waals surface area contributed by atoms with Crippen LogP contribution in [0.3, 0.4) is 0 Å². The van der Waals surface area contributed by atoms with Crippen LogP contribution in [-0.4, -0.2) is 38.0 Å². The van der Waals surface area contributed by atoms with Crippen molar-refractivity contribution in [2.24, 2.45) is 5.73 Å². The highest BCUT2D eigenvalue weighted by molar-refractivity contribution is 9.10. The molecular formula is C15H15BrClN3O4S. The maximum atomic E-state index is 12.5. The molecule has 25 heavy (non-hydrogen) atoms. The second-order valence-corrected chi connectivity index (χ2v) is 8.51. The minimum absolute atomic E-state index is 0.107. The number of halogens is 2. The molecule has 0 aliphatic rings. The average Bonchev–Trinajstić information content (AvgIpc) is 2.51. The number of phenols is 1. The molecule has 0 fully saturated rings. The van der Waals surface area contributed by atoms with Crippen molar-refractivity contribution in [1.29, 1.82) is 0 Å². The Hall–Kier alpha value is -1.81. The number of aromatic hydroxyl groups is 1. The Morgan fingerprint density at radius 2 is 1.76 bits per heavy atom. The van der Waals surface area contributed by atoms with Crippen molar-refractivity contribution < 1.29 is 18.3 Å². The summed E-state index contributed by atoms with van der Waals surface area (Å²) in [6.07, 6.45) is 0. The predicted octanol–water partition coefficient (Wildman–Crippen LogP) is 3.28. The molecule has 0 aliphatic heterocycles. The highest BCUT2D eigenvalue weighted by Gasteiger charge is 2.30. The van der Waals surface area contributed by atoms with Crippen molar-refractivity contribution in [3.63, 3.8) is 0 Å². The summed E-state index contributed by atoms with van der Waals surface area (Å²) < 4.78 is 26.4. The van der Waals surface area contributed by atoms with Gasteiger partial charge in [-0.15, -0.1) is 0 Å². The Bertz CT molecular complexity index is 934. The SMILES string of the molecule is CN(C)S(=O)(=O)c1c(Cl)ccc(N(C(N)=O)c2ccccc2Br)c1O. The first-order chi connectivity index (χ1) is 11.6. The van der Waals surface area contributed by atoms with E-state index in [4.69, 9.17) is 17.3 Å². The van der Waals surface area contributed by atoms with E-state index >= 15 is 0 Å². The van der Waals surface area contributed by atoms with E-state index in [-0.39, 0.29) is 10.7 Å². The largest absolute Gasteiger partial charge is 0.504 e. The number of nitrogens with zero attached hydrogens (tertiary/aromatic N) is 2.